The molecule has 1 aromatic heterocycles. The Morgan fingerprint density at radius 2 is 1.55 bits per heavy atom. The van der Waals surface area contributed by atoms with Crippen molar-refractivity contribution in [2.24, 2.45) is 0 Å². The number of pyridine rings is 1. The molecular formula is C29H25ClF4N2O2. The largest absolute Gasteiger partial charge is 0.491 e. The summed E-state index contributed by atoms with van der Waals surface area (Å²) in [7, 11) is 0. The monoisotopic (exact) mass is 544 g/mol. The molecule has 2 unspecified atom stereocenters. The normalized spacial score (nSPS) is 14.1. The summed E-state index contributed by atoms with van der Waals surface area (Å²) >= 11 is 6.06. The zero-order chi connectivity index (χ0) is 27.2. The van der Waals surface area contributed by atoms with Crippen molar-refractivity contribution in [3.8, 4) is 5.75 Å². The van der Waals surface area contributed by atoms with Crippen molar-refractivity contribution < 1.29 is 27.4 Å². The number of aliphatic hydroxyl groups excluding tert-OH is 1. The van der Waals surface area contributed by atoms with Crippen molar-refractivity contribution in [3.63, 3.8) is 0 Å². The van der Waals surface area contributed by atoms with Gasteiger partial charge in [-0.25, -0.2) is 4.39 Å². The second kappa shape index (κ2) is 11.9. The highest BCUT2D eigenvalue weighted by Gasteiger charge is 2.39. The molecule has 2 N–H and O–H groups in total. The van der Waals surface area contributed by atoms with Crippen LogP contribution in [0.1, 0.15) is 22.4 Å². The number of alkyl halides is 3. The number of para-hydroxylation sites is 1. The minimum atomic E-state index is -4.77. The molecule has 0 saturated carbocycles. The van der Waals surface area contributed by atoms with Crippen molar-refractivity contribution in [2.75, 3.05) is 13.2 Å². The Bertz CT molecular complexity index is 1320. The minimum absolute atomic E-state index is 0.000298. The predicted molar refractivity (Wildman–Crippen MR) is 138 cm³/mol. The van der Waals surface area contributed by atoms with Crippen molar-refractivity contribution in [2.45, 2.75) is 24.2 Å². The van der Waals surface area contributed by atoms with E-state index in [1.807, 2.05) is 24.3 Å². The molecule has 9 heteroatoms. The Kier molecular flexibility index (Phi) is 8.66. The summed E-state index contributed by atoms with van der Waals surface area (Å²) in [5.74, 6) is -0.489. The molecule has 38 heavy (non-hydrogen) atoms. The Hall–Kier alpha value is -3.46. The summed E-state index contributed by atoms with van der Waals surface area (Å²) in [5.41, 5.74) is -1.53. The summed E-state index contributed by atoms with van der Waals surface area (Å²) in [6, 6.07) is 23.5. The SMILES string of the molecule is OC(CNC(Cc1ccccc1)(c1cc(F)cc(C(F)(F)F)c1)c1ccc(Cl)cn1)COc1ccccc1. The maximum Gasteiger partial charge on any atom is 0.416 e. The number of hydrogen-bond donors (Lipinski definition) is 2. The molecule has 0 radical (unpaired) electrons. The predicted octanol–water partition coefficient (Wildman–Crippen LogP) is 6.41. The van der Waals surface area contributed by atoms with E-state index in [1.54, 1.807) is 48.5 Å². The molecule has 0 saturated heterocycles. The van der Waals surface area contributed by atoms with Crippen LogP contribution in [-0.4, -0.2) is 29.3 Å². The third kappa shape index (κ3) is 6.89. The first-order chi connectivity index (χ1) is 18.2. The van der Waals surface area contributed by atoms with Gasteiger partial charge in [0.2, 0.25) is 0 Å². The highest BCUT2D eigenvalue weighted by Crippen LogP contribution is 2.37. The van der Waals surface area contributed by atoms with E-state index in [9.17, 15) is 22.7 Å². The number of halogens is 5. The molecule has 0 aliphatic carbocycles. The fourth-order valence-electron chi connectivity index (χ4n) is 4.19. The molecule has 4 rings (SSSR count). The van der Waals surface area contributed by atoms with E-state index >= 15 is 0 Å². The van der Waals surface area contributed by atoms with Gasteiger partial charge in [-0.3, -0.25) is 10.3 Å². The van der Waals surface area contributed by atoms with E-state index in [0.29, 0.717) is 22.5 Å². The second-order valence-electron chi connectivity index (χ2n) is 8.81. The van der Waals surface area contributed by atoms with Crippen LogP contribution in [-0.2, 0) is 18.1 Å². The lowest BCUT2D eigenvalue weighted by molar-refractivity contribution is -0.137. The topological polar surface area (TPSA) is 54.4 Å². The molecule has 0 fully saturated rings. The number of ether oxygens (including phenoxy) is 1. The molecule has 0 aliphatic heterocycles. The number of aromatic nitrogens is 1. The number of benzene rings is 3. The van der Waals surface area contributed by atoms with Crippen LogP contribution in [0.25, 0.3) is 0 Å². The van der Waals surface area contributed by atoms with Crippen LogP contribution in [0.4, 0.5) is 17.6 Å². The van der Waals surface area contributed by atoms with Crippen LogP contribution >= 0.6 is 11.6 Å². The van der Waals surface area contributed by atoms with Crippen LogP contribution in [0.15, 0.2) is 97.2 Å². The van der Waals surface area contributed by atoms with Gasteiger partial charge in [0.05, 0.1) is 21.8 Å². The number of aliphatic hydroxyl groups is 1. The van der Waals surface area contributed by atoms with Gasteiger partial charge in [0.15, 0.2) is 0 Å². The quantitative estimate of drug-likeness (QED) is 0.227. The van der Waals surface area contributed by atoms with Crippen LogP contribution in [0.5, 0.6) is 5.75 Å². The maximum absolute atomic E-state index is 14.7. The third-order valence-corrected chi connectivity index (χ3v) is 6.24. The van der Waals surface area contributed by atoms with Gasteiger partial charge < -0.3 is 9.84 Å². The van der Waals surface area contributed by atoms with E-state index in [1.165, 1.54) is 6.20 Å². The average molecular weight is 545 g/mol. The molecule has 0 aliphatic rings. The number of hydrogen-bond acceptors (Lipinski definition) is 4. The van der Waals surface area contributed by atoms with Crippen molar-refractivity contribution >= 4 is 11.6 Å². The summed E-state index contributed by atoms with van der Waals surface area (Å²) in [4.78, 5) is 4.41. The van der Waals surface area contributed by atoms with Gasteiger partial charge in [0.25, 0.3) is 0 Å². The smallest absolute Gasteiger partial charge is 0.416 e. The highest BCUT2D eigenvalue weighted by molar-refractivity contribution is 6.30. The van der Waals surface area contributed by atoms with Gasteiger partial charge in [-0.2, -0.15) is 13.2 Å². The Morgan fingerprint density at radius 1 is 0.895 bits per heavy atom. The van der Waals surface area contributed by atoms with E-state index in [-0.39, 0.29) is 25.1 Å². The van der Waals surface area contributed by atoms with Crippen molar-refractivity contribution in [3.05, 3.63) is 130 Å². The van der Waals surface area contributed by atoms with E-state index in [4.69, 9.17) is 16.3 Å². The summed E-state index contributed by atoms with van der Waals surface area (Å²) in [5, 5.41) is 14.3. The van der Waals surface area contributed by atoms with Crippen molar-refractivity contribution in [1.82, 2.24) is 10.3 Å². The molecule has 1 heterocycles. The van der Waals surface area contributed by atoms with Crippen LogP contribution in [0, 0.1) is 5.82 Å². The van der Waals surface area contributed by atoms with E-state index < -0.39 is 29.2 Å². The Morgan fingerprint density at radius 3 is 2.18 bits per heavy atom. The lowest BCUT2D eigenvalue weighted by atomic mass is 9.79. The first-order valence-electron chi connectivity index (χ1n) is 11.8. The fraction of sp³-hybridized carbons (Fsp3) is 0.207. The molecule has 3 aromatic carbocycles. The van der Waals surface area contributed by atoms with Crippen molar-refractivity contribution in [1.29, 1.82) is 0 Å². The van der Waals surface area contributed by atoms with Gasteiger partial charge in [-0.15, -0.1) is 0 Å². The van der Waals surface area contributed by atoms with Gasteiger partial charge >= 0.3 is 6.18 Å². The standard InChI is InChI=1S/C29H25ClF4N2O2/c30-23-11-12-27(35-17-23)28(16-20-7-3-1-4-8-20,21-13-22(29(32,33)34)15-24(31)14-21)36-18-25(37)19-38-26-9-5-2-6-10-26/h1-15,17,25,36-37H,16,18-19H2. The van der Waals surface area contributed by atoms with Gasteiger partial charge in [0.1, 0.15) is 24.3 Å². The lowest BCUT2D eigenvalue weighted by Crippen LogP contribution is -2.50. The molecule has 2 atom stereocenters. The highest BCUT2D eigenvalue weighted by atomic mass is 35.5. The van der Waals surface area contributed by atoms with Gasteiger partial charge in [0, 0.05) is 19.2 Å². The summed E-state index contributed by atoms with van der Waals surface area (Å²) in [6.45, 7) is -0.175. The molecule has 0 bridgehead atoms. The van der Waals surface area contributed by atoms with Crippen LogP contribution in [0.2, 0.25) is 5.02 Å². The molecule has 0 amide bonds. The van der Waals surface area contributed by atoms with Gasteiger partial charge in [-0.05, 0) is 53.6 Å². The number of nitrogens with one attached hydrogen (secondary N) is 1. The van der Waals surface area contributed by atoms with Gasteiger partial charge in [-0.1, -0.05) is 60.1 Å². The van der Waals surface area contributed by atoms with E-state index in [2.05, 4.69) is 10.3 Å². The first kappa shape index (κ1) is 27.6. The zero-order valence-electron chi connectivity index (χ0n) is 20.1. The van der Waals surface area contributed by atoms with Crippen LogP contribution in [0.3, 0.4) is 0 Å². The average Bonchev–Trinajstić information content (AvgIpc) is 2.90. The Balaban J connectivity index is 1.77. The van der Waals surface area contributed by atoms with E-state index in [0.717, 1.165) is 17.7 Å². The maximum atomic E-state index is 14.7. The fourth-order valence-corrected chi connectivity index (χ4v) is 4.30. The Labute approximate surface area is 222 Å². The summed E-state index contributed by atoms with van der Waals surface area (Å²) < 4.78 is 61.5. The lowest BCUT2D eigenvalue weighted by Gasteiger charge is -2.37. The zero-order valence-corrected chi connectivity index (χ0v) is 20.9. The summed E-state index contributed by atoms with van der Waals surface area (Å²) in [6.07, 6.45) is -4.34. The molecular weight excluding hydrogens is 520 g/mol. The first-order valence-corrected chi connectivity index (χ1v) is 12.2. The molecule has 198 valence electrons. The number of rotatable bonds is 10. The second-order valence-corrected chi connectivity index (χ2v) is 9.25. The molecule has 4 aromatic rings. The number of nitrogens with zero attached hydrogens (tertiary/aromatic N) is 1. The molecule has 4 nitrogen and oxygen atoms in total. The van der Waals surface area contributed by atoms with Crippen LogP contribution < -0.4 is 10.1 Å². The minimum Gasteiger partial charge on any atom is -0.491 e. The third-order valence-electron chi connectivity index (χ3n) is 6.02. The molecule has 0 spiro atoms.